The number of alkyl carbamates (subject to hydrolysis) is 1. The van der Waals surface area contributed by atoms with Crippen LogP contribution >= 0.6 is 0 Å². The number of sulfonamides is 1. The highest BCUT2D eigenvalue weighted by atomic mass is 32.2. The lowest BCUT2D eigenvalue weighted by molar-refractivity contribution is -0.141. The number of carbonyl (C=O) groups excluding carboxylic acids is 5. The van der Waals surface area contributed by atoms with Gasteiger partial charge in [0.2, 0.25) is 27.7 Å². The van der Waals surface area contributed by atoms with Crippen LogP contribution in [-0.4, -0.2) is 96.1 Å². The molecule has 54 heavy (non-hydrogen) atoms. The van der Waals surface area contributed by atoms with E-state index in [9.17, 15) is 32.4 Å². The number of methoxy groups -OCH3 is 1. The van der Waals surface area contributed by atoms with E-state index in [1.807, 2.05) is 6.07 Å². The van der Waals surface area contributed by atoms with Crippen LogP contribution in [0.15, 0.2) is 54.8 Å². The Morgan fingerprint density at radius 3 is 2.48 bits per heavy atom. The molecule has 1 aromatic carbocycles. The second kappa shape index (κ2) is 15.8. The van der Waals surface area contributed by atoms with Crippen molar-refractivity contribution < 1.29 is 46.6 Å². The zero-order valence-corrected chi connectivity index (χ0v) is 32.3. The molecule has 5 atom stereocenters. The Labute approximate surface area is 315 Å². The number of likely N-dealkylation sites (tertiary alicyclic amines) is 1. The fourth-order valence-electron chi connectivity index (χ4n) is 6.44. The largest absolute Gasteiger partial charge is 0.497 e. The maximum atomic E-state index is 14.5. The van der Waals surface area contributed by atoms with Crippen LogP contribution in [0.4, 0.5) is 4.79 Å². The van der Waals surface area contributed by atoms with Crippen molar-refractivity contribution in [1.82, 2.24) is 25.2 Å². The molecule has 3 N–H and O–H groups in total. The number of carbonyl (C=O) groups is 5. The number of nitrogens with one attached hydrogen (secondary N) is 3. The minimum absolute atomic E-state index is 0.0433. The molecular weight excluding hydrogens is 719 g/mol. The summed E-state index contributed by atoms with van der Waals surface area (Å²) < 4.78 is 44.7. The minimum atomic E-state index is -3.93. The molecule has 2 heterocycles. The highest BCUT2D eigenvalue weighted by molar-refractivity contribution is 7.91. The number of hydrogen-bond donors (Lipinski definition) is 3. The molecule has 16 heteroatoms. The Hall–Kier alpha value is -4.99. The van der Waals surface area contributed by atoms with Crippen molar-refractivity contribution in [3.05, 3.63) is 54.8 Å². The van der Waals surface area contributed by atoms with Gasteiger partial charge in [0.05, 0.1) is 18.9 Å². The lowest BCUT2D eigenvalue weighted by Crippen LogP contribution is -2.58. The number of pyridine rings is 1. The summed E-state index contributed by atoms with van der Waals surface area (Å²) in [6, 6.07) is 4.62. The van der Waals surface area contributed by atoms with Crippen LogP contribution in [0.3, 0.4) is 0 Å². The molecule has 0 bridgehead atoms. The number of ketones is 1. The topological polar surface area (TPSA) is 199 Å². The van der Waals surface area contributed by atoms with Crippen molar-refractivity contribution in [3.63, 3.8) is 0 Å². The standard InChI is InChI=1S/C38H49N5O10S/c1-8-22(3)31(44)15-14-29(40-36(48)53-37(4,5)6)34(46)43-21-26(52-33-28-13-10-25(51-7)18-23(28)16-17-39-33)19-30(43)32(45)41-38(20-24(38)9-2)35(47)42-54(49,50)27-11-12-27/h8-10,13,16-18,24,26-27,29-30H,2,11-12,14-15,19-21H2,1,3-7H3,(H,40,48)(H,41,45)(H,42,47)/b22-8+/t24-,26-,29+,30+,38-/m1/s1. The molecule has 2 aromatic rings. The fourth-order valence-corrected chi connectivity index (χ4v) is 7.81. The zero-order valence-electron chi connectivity index (χ0n) is 31.5. The molecule has 1 aromatic heterocycles. The third-order valence-electron chi connectivity index (χ3n) is 9.83. The number of rotatable bonds is 15. The molecule has 1 saturated heterocycles. The lowest BCUT2D eigenvalue weighted by Gasteiger charge is -2.30. The van der Waals surface area contributed by atoms with E-state index in [4.69, 9.17) is 14.2 Å². The van der Waals surface area contributed by atoms with Crippen molar-refractivity contribution in [2.75, 3.05) is 13.7 Å². The summed E-state index contributed by atoms with van der Waals surface area (Å²) in [7, 11) is -2.38. The molecule has 2 aliphatic carbocycles. The lowest BCUT2D eigenvalue weighted by atomic mass is 10.0. The summed E-state index contributed by atoms with van der Waals surface area (Å²) in [6.07, 6.45) is 3.75. The summed E-state index contributed by atoms with van der Waals surface area (Å²) in [4.78, 5) is 73.7. The Bertz CT molecular complexity index is 1970. The van der Waals surface area contributed by atoms with Crippen molar-refractivity contribution in [1.29, 1.82) is 0 Å². The zero-order chi connectivity index (χ0) is 39.6. The minimum Gasteiger partial charge on any atom is -0.497 e. The molecule has 4 amide bonds. The van der Waals surface area contributed by atoms with Crippen LogP contribution in [0.5, 0.6) is 11.6 Å². The van der Waals surface area contributed by atoms with Gasteiger partial charge in [-0.15, -0.1) is 6.58 Å². The van der Waals surface area contributed by atoms with E-state index >= 15 is 0 Å². The van der Waals surface area contributed by atoms with Gasteiger partial charge in [-0.05, 0) is 95.5 Å². The second-order valence-corrected chi connectivity index (χ2v) is 17.0. The van der Waals surface area contributed by atoms with Gasteiger partial charge in [0.1, 0.15) is 35.1 Å². The summed E-state index contributed by atoms with van der Waals surface area (Å²) in [6.45, 7) is 12.0. The number of aromatic nitrogens is 1. The Balaban J connectivity index is 1.45. The van der Waals surface area contributed by atoms with Crippen LogP contribution in [-0.2, 0) is 33.9 Å². The predicted octanol–water partition coefficient (Wildman–Crippen LogP) is 3.47. The van der Waals surface area contributed by atoms with Crippen molar-refractivity contribution in [3.8, 4) is 11.6 Å². The van der Waals surface area contributed by atoms with Gasteiger partial charge in [-0.2, -0.15) is 0 Å². The first kappa shape index (κ1) is 40.2. The molecule has 1 aliphatic heterocycles. The Morgan fingerprint density at radius 1 is 1.15 bits per heavy atom. The molecule has 3 aliphatic rings. The van der Waals surface area contributed by atoms with E-state index in [2.05, 4.69) is 26.9 Å². The van der Waals surface area contributed by atoms with Crippen LogP contribution < -0.4 is 24.8 Å². The van der Waals surface area contributed by atoms with Crippen LogP contribution in [0.25, 0.3) is 10.8 Å². The van der Waals surface area contributed by atoms with Crippen molar-refractivity contribution in [2.24, 2.45) is 5.92 Å². The Morgan fingerprint density at radius 2 is 1.87 bits per heavy atom. The molecule has 2 saturated carbocycles. The predicted molar refractivity (Wildman–Crippen MR) is 199 cm³/mol. The summed E-state index contributed by atoms with van der Waals surface area (Å²) in [5.41, 5.74) is -2.01. The van der Waals surface area contributed by atoms with Gasteiger partial charge in [0, 0.05) is 30.3 Å². The van der Waals surface area contributed by atoms with Gasteiger partial charge >= 0.3 is 6.09 Å². The van der Waals surface area contributed by atoms with E-state index in [1.165, 1.54) is 11.0 Å². The third kappa shape index (κ3) is 9.20. The van der Waals surface area contributed by atoms with E-state index in [-0.39, 0.29) is 43.9 Å². The van der Waals surface area contributed by atoms with Gasteiger partial charge in [-0.25, -0.2) is 18.2 Å². The normalized spacial score (nSPS) is 23.2. The first-order chi connectivity index (χ1) is 25.4. The number of allylic oxidation sites excluding steroid dienone is 2. The molecule has 5 rings (SSSR count). The van der Waals surface area contributed by atoms with Gasteiger partial charge in [0.25, 0.3) is 5.91 Å². The number of benzene rings is 1. The van der Waals surface area contributed by atoms with Crippen molar-refractivity contribution >= 4 is 50.4 Å². The fraction of sp³-hybridized carbons (Fsp3) is 0.526. The average Bonchev–Trinajstić information content (AvgIpc) is 4.05. The number of Topliss-reactive ketones (excluding diaryl/α,β-unsaturated/α-hetero) is 1. The molecule has 0 spiro atoms. The van der Waals surface area contributed by atoms with Gasteiger partial charge < -0.3 is 29.7 Å². The maximum Gasteiger partial charge on any atom is 0.408 e. The van der Waals surface area contributed by atoms with Gasteiger partial charge in [-0.3, -0.25) is 23.9 Å². The van der Waals surface area contributed by atoms with Gasteiger partial charge in [0.15, 0.2) is 5.78 Å². The van der Waals surface area contributed by atoms with Crippen LogP contribution in [0, 0.1) is 5.92 Å². The average molecular weight is 768 g/mol. The number of hydrogen-bond acceptors (Lipinski definition) is 11. The first-order valence-electron chi connectivity index (χ1n) is 18.0. The summed E-state index contributed by atoms with van der Waals surface area (Å²) >= 11 is 0. The monoisotopic (exact) mass is 767 g/mol. The number of amides is 4. The quantitative estimate of drug-likeness (QED) is 0.177. The van der Waals surface area contributed by atoms with E-state index in [1.54, 1.807) is 72.2 Å². The second-order valence-electron chi connectivity index (χ2n) is 15.0. The molecule has 0 radical (unpaired) electrons. The van der Waals surface area contributed by atoms with E-state index in [0.717, 1.165) is 5.39 Å². The summed E-state index contributed by atoms with van der Waals surface area (Å²) in [5.74, 6) is -2.21. The SMILES string of the molecule is C=C[C@@H]1C[C@]1(NC(=O)[C@@H]1C[C@@H](Oc2nccc3cc(OC)ccc23)CN1C(=O)[C@H](CCC(=O)/C(C)=C/C)NC(=O)OC(C)(C)C)C(=O)NS(=O)(=O)C1CC1. The highest BCUT2D eigenvalue weighted by Gasteiger charge is 2.62. The smallest absolute Gasteiger partial charge is 0.408 e. The van der Waals surface area contributed by atoms with Gasteiger partial charge in [-0.1, -0.05) is 12.2 Å². The molecule has 3 fully saturated rings. The Kier molecular flexibility index (Phi) is 11.7. The first-order valence-corrected chi connectivity index (χ1v) is 19.5. The number of ether oxygens (including phenoxy) is 3. The van der Waals surface area contributed by atoms with Crippen LogP contribution in [0.2, 0.25) is 0 Å². The van der Waals surface area contributed by atoms with Crippen molar-refractivity contribution in [2.45, 2.75) is 108 Å². The van der Waals surface area contributed by atoms with E-state index in [0.29, 0.717) is 29.6 Å². The number of fused-ring (bicyclic) bond motifs is 1. The van der Waals surface area contributed by atoms with E-state index < -0.39 is 74.3 Å². The molecule has 292 valence electrons. The molecule has 15 nitrogen and oxygen atoms in total. The maximum absolute atomic E-state index is 14.5. The molecule has 0 unspecified atom stereocenters. The number of nitrogens with zero attached hydrogens (tertiary/aromatic N) is 2. The third-order valence-corrected chi connectivity index (χ3v) is 11.7. The highest BCUT2D eigenvalue weighted by Crippen LogP contribution is 2.45. The molecular formula is C38H49N5O10S. The van der Waals surface area contributed by atoms with Crippen LogP contribution in [0.1, 0.15) is 73.1 Å². The summed E-state index contributed by atoms with van der Waals surface area (Å²) in [5, 5.41) is 6.11.